The van der Waals surface area contributed by atoms with Crippen LogP contribution in [0.5, 0.6) is 5.75 Å². The Bertz CT molecular complexity index is 820. The summed E-state index contributed by atoms with van der Waals surface area (Å²) in [6.45, 7) is 2.70. The van der Waals surface area contributed by atoms with Crippen molar-refractivity contribution >= 4 is 11.8 Å². The Hall–Kier alpha value is -2.89. The summed E-state index contributed by atoms with van der Waals surface area (Å²) in [4.78, 5) is 26.4. The molecule has 0 aliphatic carbocycles. The SMILES string of the molecule is COc1ccc(C(=O)N[C@H]2CC(=O)N(Cc3ccc(F)cc3)C2)c(C)c1. The average molecular weight is 356 g/mol. The topological polar surface area (TPSA) is 58.6 Å². The number of hydrogen-bond acceptors (Lipinski definition) is 3. The summed E-state index contributed by atoms with van der Waals surface area (Å²) in [7, 11) is 1.58. The average Bonchev–Trinajstić information content (AvgIpc) is 2.95. The normalized spacial score (nSPS) is 16.7. The maximum Gasteiger partial charge on any atom is 0.251 e. The van der Waals surface area contributed by atoms with Gasteiger partial charge in [0.25, 0.3) is 5.91 Å². The molecule has 0 spiro atoms. The number of rotatable bonds is 5. The lowest BCUT2D eigenvalue weighted by Crippen LogP contribution is -2.37. The lowest BCUT2D eigenvalue weighted by atomic mass is 10.1. The Morgan fingerprint density at radius 3 is 2.65 bits per heavy atom. The Morgan fingerprint density at radius 1 is 1.27 bits per heavy atom. The van der Waals surface area contributed by atoms with Gasteiger partial charge in [0, 0.05) is 25.1 Å². The number of aryl methyl sites for hydroxylation is 1. The van der Waals surface area contributed by atoms with Crippen molar-refractivity contribution < 1.29 is 18.7 Å². The van der Waals surface area contributed by atoms with Crippen molar-refractivity contribution in [2.24, 2.45) is 0 Å². The van der Waals surface area contributed by atoms with Gasteiger partial charge < -0.3 is 15.0 Å². The molecule has 0 bridgehead atoms. The number of ether oxygens (including phenoxy) is 1. The third kappa shape index (κ3) is 4.02. The number of methoxy groups -OCH3 is 1. The minimum absolute atomic E-state index is 0.0222. The third-order valence-corrected chi connectivity index (χ3v) is 4.51. The van der Waals surface area contributed by atoms with E-state index in [9.17, 15) is 14.0 Å². The van der Waals surface area contributed by atoms with Crippen molar-refractivity contribution in [1.82, 2.24) is 10.2 Å². The zero-order valence-electron chi connectivity index (χ0n) is 14.8. The predicted molar refractivity (Wildman–Crippen MR) is 95.4 cm³/mol. The van der Waals surface area contributed by atoms with Crippen molar-refractivity contribution in [2.45, 2.75) is 25.9 Å². The van der Waals surface area contributed by atoms with E-state index < -0.39 is 0 Å². The second kappa shape index (κ2) is 7.56. The van der Waals surface area contributed by atoms with Gasteiger partial charge in [0.1, 0.15) is 11.6 Å². The van der Waals surface area contributed by atoms with Gasteiger partial charge in [-0.05, 0) is 48.4 Å². The van der Waals surface area contributed by atoms with Crippen LogP contribution in [-0.4, -0.2) is 36.4 Å². The van der Waals surface area contributed by atoms with Gasteiger partial charge in [0.2, 0.25) is 5.91 Å². The lowest BCUT2D eigenvalue weighted by molar-refractivity contribution is -0.128. The first-order valence-corrected chi connectivity index (χ1v) is 8.44. The smallest absolute Gasteiger partial charge is 0.251 e. The van der Waals surface area contributed by atoms with Crippen molar-refractivity contribution in [3.05, 3.63) is 65.0 Å². The maximum absolute atomic E-state index is 13.0. The molecule has 0 unspecified atom stereocenters. The summed E-state index contributed by atoms with van der Waals surface area (Å²) < 4.78 is 18.1. The molecule has 2 amide bonds. The summed E-state index contributed by atoms with van der Waals surface area (Å²) >= 11 is 0. The van der Waals surface area contributed by atoms with E-state index in [1.54, 1.807) is 42.3 Å². The van der Waals surface area contributed by atoms with E-state index in [1.807, 2.05) is 6.92 Å². The number of nitrogens with one attached hydrogen (secondary N) is 1. The molecule has 136 valence electrons. The van der Waals surface area contributed by atoms with Crippen molar-refractivity contribution in [3.63, 3.8) is 0 Å². The number of hydrogen-bond donors (Lipinski definition) is 1. The van der Waals surface area contributed by atoms with E-state index in [0.717, 1.165) is 11.1 Å². The summed E-state index contributed by atoms with van der Waals surface area (Å²) in [6.07, 6.45) is 0.266. The van der Waals surface area contributed by atoms with E-state index in [0.29, 0.717) is 24.4 Å². The Morgan fingerprint density at radius 2 is 2.00 bits per heavy atom. The molecule has 5 nitrogen and oxygen atoms in total. The van der Waals surface area contributed by atoms with E-state index in [2.05, 4.69) is 5.32 Å². The highest BCUT2D eigenvalue weighted by Gasteiger charge is 2.31. The molecule has 1 fully saturated rings. The Labute approximate surface area is 151 Å². The van der Waals surface area contributed by atoms with Crippen LogP contribution >= 0.6 is 0 Å². The maximum atomic E-state index is 13.0. The summed E-state index contributed by atoms with van der Waals surface area (Å²) in [6, 6.07) is 11.1. The molecule has 1 N–H and O–H groups in total. The number of carbonyl (C=O) groups is 2. The third-order valence-electron chi connectivity index (χ3n) is 4.51. The highest BCUT2D eigenvalue weighted by Crippen LogP contribution is 2.19. The molecule has 26 heavy (non-hydrogen) atoms. The molecule has 1 atom stereocenters. The largest absolute Gasteiger partial charge is 0.497 e. The van der Waals surface area contributed by atoms with Crippen LogP contribution in [0.3, 0.4) is 0 Å². The second-order valence-corrected chi connectivity index (χ2v) is 6.46. The van der Waals surface area contributed by atoms with E-state index in [-0.39, 0.29) is 30.1 Å². The van der Waals surface area contributed by atoms with Gasteiger partial charge in [-0.3, -0.25) is 9.59 Å². The van der Waals surface area contributed by atoms with Crippen LogP contribution in [0.4, 0.5) is 4.39 Å². The van der Waals surface area contributed by atoms with Crippen LogP contribution < -0.4 is 10.1 Å². The summed E-state index contributed by atoms with van der Waals surface area (Å²) in [5, 5.41) is 2.93. The molecule has 0 radical (unpaired) electrons. The quantitative estimate of drug-likeness (QED) is 0.896. The first-order valence-electron chi connectivity index (χ1n) is 8.44. The minimum Gasteiger partial charge on any atom is -0.497 e. The first-order chi connectivity index (χ1) is 12.5. The predicted octanol–water partition coefficient (Wildman–Crippen LogP) is 2.67. The highest BCUT2D eigenvalue weighted by molar-refractivity contribution is 5.96. The molecule has 6 heteroatoms. The first kappa shape index (κ1) is 17.9. The fourth-order valence-corrected chi connectivity index (χ4v) is 3.11. The monoisotopic (exact) mass is 356 g/mol. The highest BCUT2D eigenvalue weighted by atomic mass is 19.1. The van der Waals surface area contributed by atoms with Gasteiger partial charge in [-0.25, -0.2) is 4.39 Å². The van der Waals surface area contributed by atoms with Crippen molar-refractivity contribution in [3.8, 4) is 5.75 Å². The molecule has 3 rings (SSSR count). The molecule has 1 saturated heterocycles. The Balaban J connectivity index is 1.61. The van der Waals surface area contributed by atoms with E-state index in [1.165, 1.54) is 12.1 Å². The van der Waals surface area contributed by atoms with Gasteiger partial charge in [0.15, 0.2) is 0 Å². The molecule has 0 aromatic heterocycles. The van der Waals surface area contributed by atoms with Crippen LogP contribution in [0.2, 0.25) is 0 Å². The molecule has 0 saturated carbocycles. The summed E-state index contributed by atoms with van der Waals surface area (Å²) in [5.74, 6) is 0.166. The number of carbonyl (C=O) groups excluding carboxylic acids is 2. The van der Waals surface area contributed by atoms with Gasteiger partial charge in [-0.1, -0.05) is 12.1 Å². The van der Waals surface area contributed by atoms with E-state index >= 15 is 0 Å². The molecule has 2 aromatic rings. The fourth-order valence-electron chi connectivity index (χ4n) is 3.11. The molecular weight excluding hydrogens is 335 g/mol. The zero-order chi connectivity index (χ0) is 18.7. The number of benzene rings is 2. The van der Waals surface area contributed by atoms with Crippen LogP contribution in [0.15, 0.2) is 42.5 Å². The molecular formula is C20H21FN2O3. The van der Waals surface area contributed by atoms with E-state index in [4.69, 9.17) is 4.74 Å². The minimum atomic E-state index is -0.304. The van der Waals surface area contributed by atoms with Crippen molar-refractivity contribution in [1.29, 1.82) is 0 Å². The Kier molecular flexibility index (Phi) is 5.21. The second-order valence-electron chi connectivity index (χ2n) is 6.46. The van der Waals surface area contributed by atoms with Gasteiger partial charge in [-0.15, -0.1) is 0 Å². The number of halogens is 1. The standard InChI is InChI=1S/C20H21FN2O3/c1-13-9-17(26-2)7-8-18(13)20(25)22-16-10-19(24)23(12-16)11-14-3-5-15(21)6-4-14/h3-9,16H,10-12H2,1-2H3,(H,22,25)/t16-/m0/s1. The van der Waals surface area contributed by atoms with Crippen LogP contribution in [-0.2, 0) is 11.3 Å². The molecule has 1 aliphatic heterocycles. The number of amides is 2. The van der Waals surface area contributed by atoms with Gasteiger partial charge >= 0.3 is 0 Å². The zero-order valence-corrected chi connectivity index (χ0v) is 14.8. The lowest BCUT2D eigenvalue weighted by Gasteiger charge is -2.17. The number of likely N-dealkylation sites (tertiary alicyclic amines) is 1. The van der Waals surface area contributed by atoms with Crippen LogP contribution in [0.1, 0.15) is 27.9 Å². The number of nitrogens with zero attached hydrogens (tertiary/aromatic N) is 1. The summed E-state index contributed by atoms with van der Waals surface area (Å²) in [5.41, 5.74) is 2.24. The van der Waals surface area contributed by atoms with Gasteiger partial charge in [0.05, 0.1) is 13.2 Å². The van der Waals surface area contributed by atoms with Gasteiger partial charge in [-0.2, -0.15) is 0 Å². The van der Waals surface area contributed by atoms with Crippen LogP contribution in [0, 0.1) is 12.7 Å². The van der Waals surface area contributed by atoms with Crippen molar-refractivity contribution in [2.75, 3.05) is 13.7 Å². The molecule has 1 heterocycles. The molecule has 2 aromatic carbocycles. The molecule has 1 aliphatic rings. The van der Waals surface area contributed by atoms with Crippen LogP contribution in [0.25, 0.3) is 0 Å². The fraction of sp³-hybridized carbons (Fsp3) is 0.300.